The lowest BCUT2D eigenvalue weighted by Gasteiger charge is -2.36. The molecule has 8 nitrogen and oxygen atoms in total. The zero-order valence-electron chi connectivity index (χ0n) is 12.7. The molecule has 0 spiro atoms. The van der Waals surface area contributed by atoms with Crippen LogP contribution < -0.4 is 20.7 Å². The third-order valence-corrected chi connectivity index (χ3v) is 3.66. The van der Waals surface area contributed by atoms with Gasteiger partial charge in [-0.05, 0) is 26.7 Å². The van der Waals surface area contributed by atoms with Crippen LogP contribution in [0.25, 0.3) is 0 Å². The van der Waals surface area contributed by atoms with Gasteiger partial charge in [0.2, 0.25) is 17.8 Å². The summed E-state index contributed by atoms with van der Waals surface area (Å²) in [6, 6.07) is 0.492. The monoisotopic (exact) mass is 294 g/mol. The molecule has 0 radical (unpaired) electrons. The average Bonchev–Trinajstić information content (AvgIpc) is 2.47. The molecule has 0 saturated carbocycles. The van der Waals surface area contributed by atoms with Gasteiger partial charge in [-0.15, -0.1) is 0 Å². The van der Waals surface area contributed by atoms with Crippen LogP contribution in [0.2, 0.25) is 0 Å². The van der Waals surface area contributed by atoms with Crippen LogP contribution in [-0.4, -0.2) is 47.1 Å². The first kappa shape index (κ1) is 15.3. The molecule has 0 aliphatic carbocycles. The number of hydrogen-bond donors (Lipinski definition) is 2. The molecule has 1 aromatic heterocycles. The van der Waals surface area contributed by atoms with Crippen molar-refractivity contribution >= 4 is 17.8 Å². The van der Waals surface area contributed by atoms with Gasteiger partial charge in [0, 0.05) is 19.1 Å². The highest BCUT2D eigenvalue weighted by molar-refractivity contribution is 5.77. The van der Waals surface area contributed by atoms with Gasteiger partial charge in [-0.2, -0.15) is 15.0 Å². The second-order valence-electron chi connectivity index (χ2n) is 5.15. The summed E-state index contributed by atoms with van der Waals surface area (Å²) in [4.78, 5) is 26.3. The van der Waals surface area contributed by atoms with Gasteiger partial charge in [0.15, 0.2) is 0 Å². The van der Waals surface area contributed by atoms with Crippen molar-refractivity contribution in [2.24, 2.45) is 11.7 Å². The van der Waals surface area contributed by atoms with Crippen LogP contribution in [0.4, 0.5) is 11.9 Å². The highest BCUT2D eigenvalue weighted by Gasteiger charge is 2.30. The number of nitrogens with one attached hydrogen (secondary N) is 1. The number of ether oxygens (including phenoxy) is 1. The fourth-order valence-corrected chi connectivity index (χ4v) is 2.42. The number of amides is 1. The SMILES string of the molecule is CCNc1nc(OC)nc(N2CC(C(N)=O)CCC2C)n1. The first-order valence-corrected chi connectivity index (χ1v) is 7.15. The first-order chi connectivity index (χ1) is 10.0. The van der Waals surface area contributed by atoms with Crippen molar-refractivity contribution < 1.29 is 9.53 Å². The topological polar surface area (TPSA) is 106 Å². The summed E-state index contributed by atoms with van der Waals surface area (Å²) < 4.78 is 5.12. The van der Waals surface area contributed by atoms with E-state index in [0.29, 0.717) is 25.0 Å². The number of aromatic nitrogens is 3. The standard InChI is InChI=1S/C13H22N6O2/c1-4-15-11-16-12(18-13(17-11)21-3)19-7-9(10(14)20)6-5-8(19)2/h8-9H,4-7H2,1-3H3,(H2,14,20)(H,15,16,17,18). The maximum Gasteiger partial charge on any atom is 0.322 e. The van der Waals surface area contributed by atoms with Crippen LogP contribution in [0.5, 0.6) is 6.01 Å². The molecule has 2 rings (SSSR count). The number of piperidine rings is 1. The minimum atomic E-state index is -0.278. The van der Waals surface area contributed by atoms with Crippen molar-refractivity contribution in [1.82, 2.24) is 15.0 Å². The van der Waals surface area contributed by atoms with E-state index in [0.717, 1.165) is 12.8 Å². The molecule has 2 heterocycles. The highest BCUT2D eigenvalue weighted by atomic mass is 16.5. The smallest absolute Gasteiger partial charge is 0.322 e. The summed E-state index contributed by atoms with van der Waals surface area (Å²) >= 11 is 0. The highest BCUT2D eigenvalue weighted by Crippen LogP contribution is 2.26. The number of carbonyl (C=O) groups is 1. The number of anilines is 2. The van der Waals surface area contributed by atoms with Gasteiger partial charge in [-0.1, -0.05) is 0 Å². The van der Waals surface area contributed by atoms with E-state index < -0.39 is 0 Å². The summed E-state index contributed by atoms with van der Waals surface area (Å²) in [6.07, 6.45) is 1.67. The van der Waals surface area contributed by atoms with Crippen molar-refractivity contribution in [2.45, 2.75) is 32.7 Å². The Morgan fingerprint density at radius 2 is 2.19 bits per heavy atom. The third kappa shape index (κ3) is 3.50. The molecule has 2 unspecified atom stereocenters. The van der Waals surface area contributed by atoms with Crippen LogP contribution >= 0.6 is 0 Å². The molecule has 1 fully saturated rings. The van der Waals surface area contributed by atoms with E-state index in [4.69, 9.17) is 10.5 Å². The second-order valence-corrected chi connectivity index (χ2v) is 5.15. The fraction of sp³-hybridized carbons (Fsp3) is 0.692. The van der Waals surface area contributed by atoms with Gasteiger partial charge in [0.25, 0.3) is 0 Å². The van der Waals surface area contributed by atoms with Gasteiger partial charge < -0.3 is 20.7 Å². The third-order valence-electron chi connectivity index (χ3n) is 3.66. The van der Waals surface area contributed by atoms with Crippen LogP contribution in [0.15, 0.2) is 0 Å². The lowest BCUT2D eigenvalue weighted by atomic mass is 9.93. The largest absolute Gasteiger partial charge is 0.467 e. The first-order valence-electron chi connectivity index (χ1n) is 7.15. The Labute approximate surface area is 124 Å². The number of nitrogens with two attached hydrogens (primary N) is 1. The number of primary amides is 1. The van der Waals surface area contributed by atoms with E-state index in [1.165, 1.54) is 7.11 Å². The molecule has 116 valence electrons. The van der Waals surface area contributed by atoms with E-state index >= 15 is 0 Å². The van der Waals surface area contributed by atoms with Gasteiger partial charge >= 0.3 is 6.01 Å². The van der Waals surface area contributed by atoms with Crippen molar-refractivity contribution in [3.8, 4) is 6.01 Å². The zero-order valence-corrected chi connectivity index (χ0v) is 12.7. The van der Waals surface area contributed by atoms with Crippen molar-refractivity contribution in [2.75, 3.05) is 30.4 Å². The minimum absolute atomic E-state index is 0.174. The molecule has 1 aliphatic rings. The Balaban J connectivity index is 2.29. The van der Waals surface area contributed by atoms with Gasteiger partial charge in [0.1, 0.15) is 0 Å². The van der Waals surface area contributed by atoms with Gasteiger partial charge in [-0.3, -0.25) is 4.79 Å². The van der Waals surface area contributed by atoms with E-state index in [9.17, 15) is 4.79 Å². The number of hydrogen-bond acceptors (Lipinski definition) is 7. The molecular formula is C13H22N6O2. The molecule has 2 atom stereocenters. The predicted molar refractivity (Wildman–Crippen MR) is 79.3 cm³/mol. The van der Waals surface area contributed by atoms with E-state index in [1.807, 2.05) is 11.8 Å². The lowest BCUT2D eigenvalue weighted by molar-refractivity contribution is -0.122. The number of carbonyl (C=O) groups excluding carboxylic acids is 1. The molecule has 1 amide bonds. The maximum absolute atomic E-state index is 11.4. The normalized spacial score (nSPS) is 22.0. The van der Waals surface area contributed by atoms with Crippen molar-refractivity contribution in [3.63, 3.8) is 0 Å². The van der Waals surface area contributed by atoms with Crippen molar-refractivity contribution in [1.29, 1.82) is 0 Å². The van der Waals surface area contributed by atoms with Crippen molar-refractivity contribution in [3.05, 3.63) is 0 Å². The fourth-order valence-electron chi connectivity index (χ4n) is 2.42. The van der Waals surface area contributed by atoms with E-state index in [2.05, 4.69) is 27.2 Å². The molecule has 21 heavy (non-hydrogen) atoms. The average molecular weight is 294 g/mol. The van der Waals surface area contributed by atoms with Gasteiger partial charge in [0.05, 0.1) is 13.0 Å². The summed E-state index contributed by atoms with van der Waals surface area (Å²) in [5.41, 5.74) is 5.43. The summed E-state index contributed by atoms with van der Waals surface area (Å²) in [5, 5.41) is 3.05. The van der Waals surface area contributed by atoms with Crippen LogP contribution in [-0.2, 0) is 4.79 Å². The lowest BCUT2D eigenvalue weighted by Crippen LogP contribution is -2.46. The Morgan fingerprint density at radius 3 is 2.81 bits per heavy atom. The Bertz CT molecular complexity index is 509. The minimum Gasteiger partial charge on any atom is -0.467 e. The maximum atomic E-state index is 11.4. The number of nitrogens with zero attached hydrogens (tertiary/aromatic N) is 4. The quantitative estimate of drug-likeness (QED) is 0.809. The molecule has 3 N–H and O–H groups in total. The Hall–Kier alpha value is -2.12. The summed E-state index contributed by atoms with van der Waals surface area (Å²) in [5.74, 6) is 0.523. The van der Waals surface area contributed by atoms with Crippen LogP contribution in [0.1, 0.15) is 26.7 Å². The molecule has 0 bridgehead atoms. The molecule has 1 aliphatic heterocycles. The molecule has 1 aromatic rings. The van der Waals surface area contributed by atoms with E-state index in [-0.39, 0.29) is 23.9 Å². The summed E-state index contributed by atoms with van der Waals surface area (Å²) in [6.45, 7) is 5.27. The Morgan fingerprint density at radius 1 is 1.43 bits per heavy atom. The Kier molecular flexibility index (Phi) is 4.77. The van der Waals surface area contributed by atoms with Crippen LogP contribution in [0, 0.1) is 5.92 Å². The second kappa shape index (κ2) is 6.55. The molecule has 8 heteroatoms. The molecule has 1 saturated heterocycles. The summed E-state index contributed by atoms with van der Waals surface area (Å²) in [7, 11) is 1.51. The predicted octanol–water partition coefficient (Wildman–Crippen LogP) is 0.402. The molecular weight excluding hydrogens is 272 g/mol. The van der Waals surface area contributed by atoms with E-state index in [1.54, 1.807) is 0 Å². The molecule has 0 aromatic carbocycles. The van der Waals surface area contributed by atoms with Crippen LogP contribution in [0.3, 0.4) is 0 Å². The number of methoxy groups -OCH3 is 1. The van der Waals surface area contributed by atoms with Gasteiger partial charge in [-0.25, -0.2) is 0 Å². The zero-order chi connectivity index (χ0) is 15.4. The number of rotatable bonds is 5.